The molecule has 0 heterocycles. The summed E-state index contributed by atoms with van der Waals surface area (Å²) < 4.78 is 7.39. The summed E-state index contributed by atoms with van der Waals surface area (Å²) in [4.78, 5) is 15.2. The first-order valence-corrected chi connectivity index (χ1v) is 16.0. The predicted molar refractivity (Wildman–Crippen MR) is 86.3 cm³/mol. The molecule has 21 heavy (non-hydrogen) atoms. The van der Waals surface area contributed by atoms with E-state index in [-0.39, 0.29) is 10.6 Å². The number of ether oxygens (including phenoxy) is 1. The van der Waals surface area contributed by atoms with Gasteiger partial charge in [0.1, 0.15) is 0 Å². The Morgan fingerprint density at radius 1 is 1.05 bits per heavy atom. The van der Waals surface area contributed by atoms with Crippen molar-refractivity contribution in [3.63, 3.8) is 0 Å². The van der Waals surface area contributed by atoms with Crippen molar-refractivity contribution < 1.29 is 9.66 Å². The van der Waals surface area contributed by atoms with Gasteiger partial charge >= 0.3 is 129 Å². The number of rotatable bonds is 6. The number of para-hydroxylation sites is 1. The van der Waals surface area contributed by atoms with Gasteiger partial charge in [0, 0.05) is 0 Å². The van der Waals surface area contributed by atoms with Crippen LogP contribution in [0.25, 0.3) is 0 Å². The second kappa shape index (κ2) is 7.04. The summed E-state index contributed by atoms with van der Waals surface area (Å²) >= 11 is -2.82. The SMILES string of the molecule is [CH3][Sn]([CH3])([CH2]OCc1ccccc1)[c]1ccccc1[N+](=O)[O-]. The van der Waals surface area contributed by atoms with Crippen molar-refractivity contribution in [1.29, 1.82) is 0 Å². The summed E-state index contributed by atoms with van der Waals surface area (Å²) in [6.45, 7) is 0.557. The second-order valence-corrected chi connectivity index (χ2v) is 18.8. The molecule has 0 atom stereocenters. The third-order valence-corrected chi connectivity index (χ3v) is 11.4. The van der Waals surface area contributed by atoms with E-state index in [4.69, 9.17) is 4.74 Å². The Balaban J connectivity index is 2.06. The first kappa shape index (κ1) is 16.0. The van der Waals surface area contributed by atoms with Crippen molar-refractivity contribution in [1.82, 2.24) is 0 Å². The van der Waals surface area contributed by atoms with Crippen molar-refractivity contribution in [2.24, 2.45) is 0 Å². The number of nitro benzene ring substituents is 1. The molecule has 0 saturated carbocycles. The quantitative estimate of drug-likeness (QED) is 0.431. The molecule has 5 heteroatoms. The van der Waals surface area contributed by atoms with Crippen LogP contribution >= 0.6 is 0 Å². The van der Waals surface area contributed by atoms with Gasteiger partial charge < -0.3 is 0 Å². The van der Waals surface area contributed by atoms with E-state index in [0.717, 1.165) is 9.14 Å². The van der Waals surface area contributed by atoms with Crippen LogP contribution in [0.2, 0.25) is 9.88 Å². The van der Waals surface area contributed by atoms with Crippen LogP contribution in [0.3, 0.4) is 0 Å². The van der Waals surface area contributed by atoms with Gasteiger partial charge in [-0.25, -0.2) is 0 Å². The van der Waals surface area contributed by atoms with Crippen LogP contribution in [0.15, 0.2) is 54.6 Å². The summed E-state index contributed by atoms with van der Waals surface area (Å²) in [7, 11) is 0. The van der Waals surface area contributed by atoms with Gasteiger partial charge in [-0.2, -0.15) is 0 Å². The molecule has 0 amide bonds. The summed E-state index contributed by atoms with van der Waals surface area (Å²) in [5, 5.41) is 11.2. The van der Waals surface area contributed by atoms with Gasteiger partial charge in [0.2, 0.25) is 0 Å². The Labute approximate surface area is 128 Å². The number of nitrogens with zero attached hydrogens (tertiary/aromatic N) is 1. The molecule has 0 aromatic heterocycles. The van der Waals surface area contributed by atoms with E-state index in [1.165, 1.54) is 0 Å². The number of benzene rings is 2. The minimum atomic E-state index is -2.82. The van der Waals surface area contributed by atoms with Gasteiger partial charge in [-0.1, -0.05) is 0 Å². The Morgan fingerprint density at radius 2 is 1.67 bits per heavy atom. The maximum atomic E-state index is 11.2. The normalized spacial score (nSPS) is 11.3. The fraction of sp³-hybridized carbons (Fsp3) is 0.250. The van der Waals surface area contributed by atoms with Crippen molar-refractivity contribution in [3.05, 3.63) is 70.3 Å². The van der Waals surface area contributed by atoms with Gasteiger partial charge in [0.05, 0.1) is 0 Å². The molecule has 0 N–H and O–H groups in total. The molecule has 0 aliphatic heterocycles. The molecule has 4 nitrogen and oxygen atoms in total. The van der Waals surface area contributed by atoms with Crippen LogP contribution in [-0.2, 0) is 11.3 Å². The van der Waals surface area contributed by atoms with E-state index in [9.17, 15) is 10.1 Å². The molecule has 0 radical (unpaired) electrons. The van der Waals surface area contributed by atoms with Crippen LogP contribution in [0.4, 0.5) is 5.69 Å². The predicted octanol–water partition coefficient (Wildman–Crippen LogP) is 3.27. The molecular formula is C16H19NO3Sn. The average molecular weight is 392 g/mol. The zero-order chi connectivity index (χ0) is 15.3. The van der Waals surface area contributed by atoms with Gasteiger partial charge in [-0.15, -0.1) is 0 Å². The van der Waals surface area contributed by atoms with E-state index in [0.29, 0.717) is 11.2 Å². The molecule has 0 aliphatic rings. The molecule has 2 rings (SSSR count). The van der Waals surface area contributed by atoms with Crippen molar-refractivity contribution >= 4 is 27.6 Å². The zero-order valence-electron chi connectivity index (χ0n) is 12.3. The number of hydrogen-bond donors (Lipinski definition) is 0. The molecule has 110 valence electrons. The maximum absolute atomic E-state index is 11.2. The summed E-state index contributed by atoms with van der Waals surface area (Å²) in [6.07, 6.45) is 0. The number of hydrogen-bond acceptors (Lipinski definition) is 3. The molecule has 0 unspecified atom stereocenters. The van der Waals surface area contributed by atoms with E-state index in [2.05, 4.69) is 9.88 Å². The molecular weight excluding hydrogens is 373 g/mol. The van der Waals surface area contributed by atoms with Crippen molar-refractivity contribution in [3.8, 4) is 0 Å². The Hall–Kier alpha value is -1.40. The fourth-order valence-electron chi connectivity index (χ4n) is 2.28. The van der Waals surface area contributed by atoms with Gasteiger partial charge in [-0.05, 0) is 0 Å². The first-order chi connectivity index (χ1) is 10.0. The third-order valence-electron chi connectivity index (χ3n) is 3.40. The second-order valence-electron chi connectivity index (χ2n) is 5.64. The third kappa shape index (κ3) is 4.28. The van der Waals surface area contributed by atoms with Gasteiger partial charge in [-0.3, -0.25) is 0 Å². The molecule has 0 saturated heterocycles. The molecule has 0 aliphatic carbocycles. The van der Waals surface area contributed by atoms with Crippen LogP contribution in [0.5, 0.6) is 0 Å². The van der Waals surface area contributed by atoms with Crippen molar-refractivity contribution in [2.75, 3.05) is 4.62 Å². The average Bonchev–Trinajstić information content (AvgIpc) is 2.48. The van der Waals surface area contributed by atoms with Crippen LogP contribution in [-0.4, -0.2) is 27.9 Å². The zero-order valence-corrected chi connectivity index (χ0v) is 15.1. The monoisotopic (exact) mass is 393 g/mol. The molecule has 0 spiro atoms. The fourth-order valence-corrected chi connectivity index (χ4v) is 8.51. The van der Waals surface area contributed by atoms with E-state index in [1.54, 1.807) is 12.1 Å². The molecule has 0 fully saturated rings. The van der Waals surface area contributed by atoms with E-state index >= 15 is 0 Å². The van der Waals surface area contributed by atoms with E-state index in [1.807, 2.05) is 42.5 Å². The Morgan fingerprint density at radius 3 is 2.33 bits per heavy atom. The topological polar surface area (TPSA) is 52.4 Å². The van der Waals surface area contributed by atoms with Crippen LogP contribution in [0.1, 0.15) is 5.56 Å². The Bertz CT molecular complexity index is 614. The summed E-state index contributed by atoms with van der Waals surface area (Å²) in [6, 6.07) is 17.0. The first-order valence-electron chi connectivity index (χ1n) is 6.86. The van der Waals surface area contributed by atoms with Gasteiger partial charge in [0.15, 0.2) is 0 Å². The minimum absolute atomic E-state index is 0.238. The molecule has 2 aromatic carbocycles. The molecule has 2 aromatic rings. The van der Waals surface area contributed by atoms with Crippen LogP contribution in [0, 0.1) is 10.1 Å². The number of nitro groups is 1. The standard InChI is InChI=1S/C8H9O.C6H4NO2.2CH3.Sn/c1-9-7-8-5-3-2-4-6-8;8-7(9)6-4-2-1-3-5-6;;;/h2-6H,1,7H2;1-4H;2*1H3;. The van der Waals surface area contributed by atoms with Crippen molar-refractivity contribution in [2.45, 2.75) is 16.5 Å². The molecule has 0 bridgehead atoms. The summed E-state index contributed by atoms with van der Waals surface area (Å²) in [5.74, 6) is 0. The Kier molecular flexibility index (Phi) is 5.36. The van der Waals surface area contributed by atoms with E-state index < -0.39 is 18.4 Å². The van der Waals surface area contributed by atoms with Gasteiger partial charge in [0.25, 0.3) is 0 Å². The van der Waals surface area contributed by atoms with Crippen LogP contribution < -0.4 is 3.58 Å². The summed E-state index contributed by atoms with van der Waals surface area (Å²) in [5.41, 5.74) is 1.36.